The molecule has 1 rings (SSSR count). The molecule has 78 valence electrons. The number of ketones is 1. The van der Waals surface area contributed by atoms with Gasteiger partial charge in [0, 0.05) is 11.8 Å². The number of Topliss-reactive ketones (excluding diaryl/α,β-unsaturated/α-hetero) is 1. The molecule has 0 aromatic heterocycles. The average Bonchev–Trinajstić information content (AvgIpc) is 2.29. The second-order valence-corrected chi connectivity index (χ2v) is 3.71. The van der Waals surface area contributed by atoms with Gasteiger partial charge >= 0.3 is 11.9 Å². The molecule has 0 spiro atoms. The van der Waals surface area contributed by atoms with Crippen LogP contribution in [0.3, 0.4) is 0 Å². The second kappa shape index (κ2) is 3.40. The van der Waals surface area contributed by atoms with Gasteiger partial charge < -0.3 is 10.2 Å². The highest BCUT2D eigenvalue weighted by Crippen LogP contribution is 2.38. The molecule has 0 radical (unpaired) electrons. The van der Waals surface area contributed by atoms with Crippen molar-refractivity contribution >= 4 is 17.7 Å². The van der Waals surface area contributed by atoms with Crippen molar-refractivity contribution in [2.24, 2.45) is 23.7 Å². The van der Waals surface area contributed by atoms with Crippen LogP contribution in [0.2, 0.25) is 0 Å². The minimum Gasteiger partial charge on any atom is -0.481 e. The first-order valence-electron chi connectivity index (χ1n) is 4.37. The first-order valence-corrected chi connectivity index (χ1v) is 4.37. The second-order valence-electron chi connectivity index (χ2n) is 3.71. The van der Waals surface area contributed by atoms with Crippen LogP contribution in [-0.4, -0.2) is 27.9 Å². The summed E-state index contributed by atoms with van der Waals surface area (Å²) in [5.74, 6) is -6.27. The number of carbonyl (C=O) groups excluding carboxylic acids is 1. The molecule has 0 bridgehead atoms. The van der Waals surface area contributed by atoms with Gasteiger partial charge in [-0.15, -0.1) is 0 Å². The third-order valence-electron chi connectivity index (χ3n) is 2.93. The molecular weight excluding hydrogens is 188 g/mol. The molecule has 0 aliphatic heterocycles. The number of hydrogen-bond donors (Lipinski definition) is 2. The fourth-order valence-corrected chi connectivity index (χ4v) is 2.13. The fraction of sp³-hybridized carbons (Fsp3) is 0.667. The van der Waals surface area contributed by atoms with Crippen molar-refractivity contribution in [2.75, 3.05) is 0 Å². The van der Waals surface area contributed by atoms with Crippen LogP contribution in [0.15, 0.2) is 0 Å². The Bertz CT molecular complexity index is 268. The molecule has 0 aromatic carbocycles. The predicted molar refractivity (Wildman–Crippen MR) is 45.6 cm³/mol. The van der Waals surface area contributed by atoms with Crippen LogP contribution in [0.5, 0.6) is 0 Å². The lowest BCUT2D eigenvalue weighted by atomic mass is 9.88. The Hall–Kier alpha value is -1.39. The maximum absolute atomic E-state index is 11.4. The number of carboxylic acids is 2. The maximum atomic E-state index is 11.4. The summed E-state index contributed by atoms with van der Waals surface area (Å²) >= 11 is 0. The van der Waals surface area contributed by atoms with E-state index in [9.17, 15) is 14.4 Å². The van der Waals surface area contributed by atoms with E-state index < -0.39 is 35.6 Å². The molecule has 5 heteroatoms. The first-order chi connectivity index (χ1) is 6.37. The van der Waals surface area contributed by atoms with Crippen LogP contribution in [0, 0.1) is 23.7 Å². The molecule has 1 fully saturated rings. The summed E-state index contributed by atoms with van der Waals surface area (Å²) < 4.78 is 0. The molecule has 2 N–H and O–H groups in total. The Labute approximate surface area is 80.7 Å². The third-order valence-corrected chi connectivity index (χ3v) is 2.93. The molecule has 1 aliphatic carbocycles. The van der Waals surface area contributed by atoms with Gasteiger partial charge in [-0.2, -0.15) is 0 Å². The molecule has 4 unspecified atom stereocenters. The minimum atomic E-state index is -1.21. The fourth-order valence-electron chi connectivity index (χ4n) is 2.13. The molecular formula is C9H12O5. The summed E-state index contributed by atoms with van der Waals surface area (Å²) in [6.45, 7) is 2.95. The lowest BCUT2D eigenvalue weighted by Crippen LogP contribution is -2.30. The minimum absolute atomic E-state index is 0.273. The van der Waals surface area contributed by atoms with Crippen LogP contribution in [0.4, 0.5) is 0 Å². The topological polar surface area (TPSA) is 91.7 Å². The molecule has 1 saturated carbocycles. The lowest BCUT2D eigenvalue weighted by molar-refractivity contribution is -0.154. The summed E-state index contributed by atoms with van der Waals surface area (Å²) in [5.41, 5.74) is 0. The van der Waals surface area contributed by atoms with E-state index in [-0.39, 0.29) is 5.78 Å². The quantitative estimate of drug-likeness (QED) is 0.666. The van der Waals surface area contributed by atoms with Gasteiger partial charge in [-0.05, 0) is 0 Å². The van der Waals surface area contributed by atoms with Gasteiger partial charge in [0.1, 0.15) is 5.78 Å². The van der Waals surface area contributed by atoms with E-state index in [1.54, 1.807) is 0 Å². The highest BCUT2D eigenvalue weighted by molar-refractivity contribution is 5.97. The van der Waals surface area contributed by atoms with Crippen LogP contribution < -0.4 is 0 Å². The zero-order valence-corrected chi connectivity index (χ0v) is 7.93. The molecule has 0 heterocycles. The first kappa shape index (κ1) is 10.7. The van der Waals surface area contributed by atoms with Gasteiger partial charge in [0.15, 0.2) is 0 Å². The SMILES string of the molecule is CC1C(=O)C(C)C(C(=O)O)C1C(=O)O. The molecule has 0 saturated heterocycles. The molecule has 0 aromatic rings. The van der Waals surface area contributed by atoms with Crippen molar-refractivity contribution in [1.82, 2.24) is 0 Å². The highest BCUT2D eigenvalue weighted by atomic mass is 16.4. The summed E-state index contributed by atoms with van der Waals surface area (Å²) in [6, 6.07) is 0. The van der Waals surface area contributed by atoms with Crippen molar-refractivity contribution in [3.63, 3.8) is 0 Å². The Morgan fingerprint density at radius 1 is 1.00 bits per heavy atom. The molecule has 4 atom stereocenters. The Kier molecular flexibility index (Phi) is 2.59. The Morgan fingerprint density at radius 3 is 1.50 bits per heavy atom. The van der Waals surface area contributed by atoms with E-state index in [1.807, 2.05) is 0 Å². The zero-order chi connectivity index (χ0) is 11.0. The Balaban J connectivity index is 3.07. The number of carbonyl (C=O) groups is 3. The normalized spacial score (nSPS) is 37.1. The molecule has 5 nitrogen and oxygen atoms in total. The van der Waals surface area contributed by atoms with E-state index >= 15 is 0 Å². The highest BCUT2D eigenvalue weighted by Gasteiger charge is 2.52. The maximum Gasteiger partial charge on any atom is 0.308 e. The van der Waals surface area contributed by atoms with Crippen molar-refractivity contribution in [2.45, 2.75) is 13.8 Å². The van der Waals surface area contributed by atoms with Gasteiger partial charge in [-0.1, -0.05) is 13.8 Å². The van der Waals surface area contributed by atoms with Crippen LogP contribution in [0.1, 0.15) is 13.8 Å². The lowest BCUT2D eigenvalue weighted by Gasteiger charge is -2.14. The largest absolute Gasteiger partial charge is 0.481 e. The molecule has 1 aliphatic rings. The Morgan fingerprint density at radius 2 is 1.29 bits per heavy atom. The average molecular weight is 200 g/mol. The van der Waals surface area contributed by atoms with Crippen molar-refractivity contribution in [3.05, 3.63) is 0 Å². The van der Waals surface area contributed by atoms with Gasteiger partial charge in [0.05, 0.1) is 11.8 Å². The summed E-state index contributed by atoms with van der Waals surface area (Å²) in [5, 5.41) is 17.6. The number of hydrogen-bond acceptors (Lipinski definition) is 3. The number of rotatable bonds is 2. The number of carboxylic acid groups (broad SMARTS) is 2. The number of aliphatic carboxylic acids is 2. The van der Waals surface area contributed by atoms with Gasteiger partial charge in [0.25, 0.3) is 0 Å². The van der Waals surface area contributed by atoms with Crippen molar-refractivity contribution in [3.8, 4) is 0 Å². The van der Waals surface area contributed by atoms with Crippen LogP contribution in [0.25, 0.3) is 0 Å². The summed E-state index contributed by atoms with van der Waals surface area (Å²) in [4.78, 5) is 33.0. The third kappa shape index (κ3) is 1.38. The smallest absolute Gasteiger partial charge is 0.308 e. The monoisotopic (exact) mass is 200 g/mol. The van der Waals surface area contributed by atoms with Gasteiger partial charge in [-0.25, -0.2) is 0 Å². The van der Waals surface area contributed by atoms with Crippen molar-refractivity contribution in [1.29, 1.82) is 0 Å². The van der Waals surface area contributed by atoms with E-state index in [1.165, 1.54) is 13.8 Å². The van der Waals surface area contributed by atoms with E-state index in [4.69, 9.17) is 10.2 Å². The zero-order valence-electron chi connectivity index (χ0n) is 7.93. The van der Waals surface area contributed by atoms with Crippen molar-refractivity contribution < 1.29 is 24.6 Å². The van der Waals surface area contributed by atoms with Crippen LogP contribution in [-0.2, 0) is 14.4 Å². The molecule has 0 amide bonds. The molecule has 14 heavy (non-hydrogen) atoms. The summed E-state index contributed by atoms with van der Waals surface area (Å²) in [6.07, 6.45) is 0. The predicted octanol–water partition coefficient (Wildman–Crippen LogP) is 0.243. The van der Waals surface area contributed by atoms with Gasteiger partial charge in [0.2, 0.25) is 0 Å². The van der Waals surface area contributed by atoms with E-state index in [2.05, 4.69) is 0 Å². The summed E-state index contributed by atoms with van der Waals surface area (Å²) in [7, 11) is 0. The van der Waals surface area contributed by atoms with E-state index in [0.717, 1.165) is 0 Å². The van der Waals surface area contributed by atoms with Crippen LogP contribution >= 0.6 is 0 Å². The van der Waals surface area contributed by atoms with E-state index in [0.29, 0.717) is 0 Å². The van der Waals surface area contributed by atoms with Gasteiger partial charge in [-0.3, -0.25) is 14.4 Å². The standard InChI is InChI=1S/C9H12O5/c1-3-5(8(11)12)6(9(13)14)4(2)7(3)10/h3-6H,1-2H3,(H,11,12)(H,13,14).